The molecule has 2 aliphatic heterocycles. The number of nitrogens with one attached hydrogen (secondary N) is 1. The molecular formula is C12H21NO3. The molecule has 0 amide bonds. The molecule has 0 aromatic heterocycles. The van der Waals surface area contributed by atoms with Gasteiger partial charge in [-0.3, -0.25) is 10.1 Å². The van der Waals surface area contributed by atoms with E-state index in [0.717, 1.165) is 12.8 Å². The van der Waals surface area contributed by atoms with Gasteiger partial charge in [0.15, 0.2) is 0 Å². The van der Waals surface area contributed by atoms with Gasteiger partial charge < -0.3 is 9.47 Å². The Labute approximate surface area is 96.7 Å². The molecule has 2 rings (SSSR count). The van der Waals surface area contributed by atoms with Crippen LogP contribution in [-0.2, 0) is 14.3 Å². The molecule has 2 atom stereocenters. The molecule has 0 spiro atoms. The smallest absolute Gasteiger partial charge is 0.323 e. The van der Waals surface area contributed by atoms with E-state index in [9.17, 15) is 4.79 Å². The highest BCUT2D eigenvalue weighted by atomic mass is 16.5. The summed E-state index contributed by atoms with van der Waals surface area (Å²) in [4.78, 5) is 11.4. The largest absolute Gasteiger partial charge is 0.464 e. The Morgan fingerprint density at radius 3 is 2.44 bits per heavy atom. The summed E-state index contributed by atoms with van der Waals surface area (Å²) in [7, 11) is 0. The number of hydrogen-bond donors (Lipinski definition) is 1. The van der Waals surface area contributed by atoms with Crippen molar-refractivity contribution in [2.24, 2.45) is 0 Å². The molecule has 92 valence electrons. The second kappa shape index (κ2) is 3.70. The van der Waals surface area contributed by atoms with E-state index in [4.69, 9.17) is 9.47 Å². The average molecular weight is 227 g/mol. The quantitative estimate of drug-likeness (QED) is 0.721. The highest BCUT2D eigenvalue weighted by Gasteiger charge is 2.47. The van der Waals surface area contributed by atoms with E-state index in [1.165, 1.54) is 0 Å². The Kier molecular flexibility index (Phi) is 2.75. The van der Waals surface area contributed by atoms with Gasteiger partial charge in [0.1, 0.15) is 6.04 Å². The van der Waals surface area contributed by atoms with Crippen LogP contribution < -0.4 is 5.32 Å². The summed E-state index contributed by atoms with van der Waals surface area (Å²) in [5, 5.41) is 3.37. The minimum Gasteiger partial charge on any atom is -0.464 e. The number of ether oxygens (including phenoxy) is 2. The molecule has 0 bridgehead atoms. The van der Waals surface area contributed by atoms with Gasteiger partial charge in [-0.05, 0) is 34.1 Å². The first-order valence-corrected chi connectivity index (χ1v) is 5.93. The highest BCUT2D eigenvalue weighted by molar-refractivity contribution is 5.77. The third-order valence-corrected chi connectivity index (χ3v) is 3.41. The molecule has 0 unspecified atom stereocenters. The number of carbonyl (C=O) groups excluding carboxylic acids is 1. The zero-order chi connectivity index (χ0) is 12.0. The van der Waals surface area contributed by atoms with Crippen LogP contribution in [0, 0.1) is 0 Å². The van der Waals surface area contributed by atoms with Crippen LogP contribution in [0.25, 0.3) is 0 Å². The summed E-state index contributed by atoms with van der Waals surface area (Å²) < 4.78 is 10.9. The lowest BCUT2D eigenvalue weighted by atomic mass is 9.93. The summed E-state index contributed by atoms with van der Waals surface area (Å²) in [6.45, 7) is 8.85. The molecule has 0 saturated carbocycles. The van der Waals surface area contributed by atoms with E-state index in [1.54, 1.807) is 0 Å². The molecule has 0 aliphatic carbocycles. The molecular weight excluding hydrogens is 206 g/mol. The van der Waals surface area contributed by atoms with Crippen molar-refractivity contribution in [3.8, 4) is 0 Å². The van der Waals surface area contributed by atoms with Crippen molar-refractivity contribution in [3.05, 3.63) is 0 Å². The second-order valence-electron chi connectivity index (χ2n) is 5.90. The first kappa shape index (κ1) is 11.9. The molecule has 2 heterocycles. The number of cyclic esters (lactones) is 1. The topological polar surface area (TPSA) is 47.6 Å². The fraction of sp³-hybridized carbons (Fsp3) is 0.917. The Hall–Kier alpha value is -0.610. The first-order valence-electron chi connectivity index (χ1n) is 5.93. The van der Waals surface area contributed by atoms with Crippen molar-refractivity contribution in [1.29, 1.82) is 0 Å². The molecule has 2 fully saturated rings. The molecule has 0 aromatic rings. The average Bonchev–Trinajstić information content (AvgIpc) is 2.56. The Balaban J connectivity index is 2.02. The van der Waals surface area contributed by atoms with Crippen LogP contribution in [0.1, 0.15) is 40.5 Å². The third-order valence-electron chi connectivity index (χ3n) is 3.41. The lowest BCUT2D eigenvalue weighted by Gasteiger charge is -2.28. The van der Waals surface area contributed by atoms with Crippen LogP contribution in [0.2, 0.25) is 0 Å². The second-order valence-corrected chi connectivity index (χ2v) is 5.90. The maximum Gasteiger partial charge on any atom is 0.323 e. The van der Waals surface area contributed by atoms with Gasteiger partial charge >= 0.3 is 5.97 Å². The number of rotatable bonds is 2. The van der Waals surface area contributed by atoms with Crippen molar-refractivity contribution in [2.75, 3.05) is 6.61 Å². The summed E-state index contributed by atoms with van der Waals surface area (Å²) in [5.74, 6) is -0.125. The third kappa shape index (κ3) is 2.23. The summed E-state index contributed by atoms with van der Waals surface area (Å²) in [5.41, 5.74) is -0.351. The molecule has 16 heavy (non-hydrogen) atoms. The summed E-state index contributed by atoms with van der Waals surface area (Å²) in [6.07, 6.45) is 1.69. The zero-order valence-electron chi connectivity index (χ0n) is 10.5. The fourth-order valence-corrected chi connectivity index (χ4v) is 2.71. The standard InChI is InChI=1S/C12H21NO3/c1-11(2)7-9(12(3,4)16-11)13-8-5-6-15-10(8)14/h8-9,13H,5-7H2,1-4H3/t8-,9+/m1/s1. The Morgan fingerprint density at radius 2 is 2.00 bits per heavy atom. The van der Waals surface area contributed by atoms with E-state index in [-0.39, 0.29) is 29.3 Å². The monoisotopic (exact) mass is 227 g/mol. The molecule has 0 aromatic carbocycles. The Bertz CT molecular complexity index is 299. The molecule has 2 saturated heterocycles. The van der Waals surface area contributed by atoms with Gasteiger partial charge in [0.05, 0.1) is 17.8 Å². The normalized spacial score (nSPS) is 36.4. The molecule has 4 nitrogen and oxygen atoms in total. The van der Waals surface area contributed by atoms with E-state index < -0.39 is 0 Å². The SMILES string of the molecule is CC1(C)C[C@H](N[C@@H]2CCOC2=O)C(C)(C)O1. The first-order chi connectivity index (χ1) is 7.30. The van der Waals surface area contributed by atoms with Crippen LogP contribution in [0.5, 0.6) is 0 Å². The minimum atomic E-state index is -0.230. The minimum absolute atomic E-state index is 0.121. The van der Waals surface area contributed by atoms with Gasteiger partial charge in [-0.25, -0.2) is 0 Å². The molecule has 2 aliphatic rings. The van der Waals surface area contributed by atoms with E-state index >= 15 is 0 Å². The van der Waals surface area contributed by atoms with Gasteiger partial charge in [-0.15, -0.1) is 0 Å². The lowest BCUT2D eigenvalue weighted by molar-refractivity contribution is -0.140. The van der Waals surface area contributed by atoms with Crippen LogP contribution >= 0.6 is 0 Å². The van der Waals surface area contributed by atoms with Crippen LogP contribution in [0.15, 0.2) is 0 Å². The maximum atomic E-state index is 11.4. The van der Waals surface area contributed by atoms with Gasteiger partial charge in [-0.2, -0.15) is 0 Å². The lowest BCUT2D eigenvalue weighted by Crippen LogP contribution is -2.49. The molecule has 4 heteroatoms. The molecule has 1 N–H and O–H groups in total. The van der Waals surface area contributed by atoms with Crippen molar-refractivity contribution < 1.29 is 14.3 Å². The van der Waals surface area contributed by atoms with Crippen molar-refractivity contribution >= 4 is 5.97 Å². The van der Waals surface area contributed by atoms with Crippen LogP contribution in [0.3, 0.4) is 0 Å². The number of carbonyl (C=O) groups is 1. The number of hydrogen-bond acceptors (Lipinski definition) is 4. The van der Waals surface area contributed by atoms with Gasteiger partial charge in [-0.1, -0.05) is 0 Å². The van der Waals surface area contributed by atoms with E-state index in [1.807, 2.05) is 0 Å². The van der Waals surface area contributed by atoms with E-state index in [0.29, 0.717) is 6.61 Å². The highest BCUT2D eigenvalue weighted by Crippen LogP contribution is 2.37. The summed E-state index contributed by atoms with van der Waals surface area (Å²) in [6, 6.07) is 0.0555. The van der Waals surface area contributed by atoms with Gasteiger partial charge in [0.25, 0.3) is 0 Å². The van der Waals surface area contributed by atoms with Crippen molar-refractivity contribution in [3.63, 3.8) is 0 Å². The van der Waals surface area contributed by atoms with Gasteiger partial charge in [0.2, 0.25) is 0 Å². The number of esters is 1. The Morgan fingerprint density at radius 1 is 1.31 bits per heavy atom. The zero-order valence-corrected chi connectivity index (χ0v) is 10.5. The fourth-order valence-electron chi connectivity index (χ4n) is 2.71. The van der Waals surface area contributed by atoms with Crippen LogP contribution in [-0.4, -0.2) is 35.9 Å². The van der Waals surface area contributed by atoms with Crippen molar-refractivity contribution in [2.45, 2.75) is 63.8 Å². The van der Waals surface area contributed by atoms with Gasteiger partial charge in [0, 0.05) is 12.5 Å². The van der Waals surface area contributed by atoms with E-state index in [2.05, 4.69) is 33.0 Å². The summed E-state index contributed by atoms with van der Waals surface area (Å²) >= 11 is 0. The maximum absolute atomic E-state index is 11.4. The van der Waals surface area contributed by atoms with Crippen LogP contribution in [0.4, 0.5) is 0 Å². The molecule has 0 radical (unpaired) electrons. The van der Waals surface area contributed by atoms with Crippen molar-refractivity contribution in [1.82, 2.24) is 5.32 Å². The predicted octanol–water partition coefficient (Wildman–Crippen LogP) is 1.24. The predicted molar refractivity (Wildman–Crippen MR) is 60.1 cm³/mol.